The van der Waals surface area contributed by atoms with Crippen molar-refractivity contribution in [3.8, 4) is 11.5 Å². The summed E-state index contributed by atoms with van der Waals surface area (Å²) in [5.74, 6) is 0.347. The molecule has 0 aliphatic rings. The number of aromatic nitrogens is 2. The number of amides is 1. The highest BCUT2D eigenvalue weighted by Crippen LogP contribution is 2.26. The van der Waals surface area contributed by atoms with Crippen LogP contribution in [0.3, 0.4) is 0 Å². The quantitative estimate of drug-likeness (QED) is 0.665. The first-order valence-corrected chi connectivity index (χ1v) is 8.99. The van der Waals surface area contributed by atoms with E-state index in [1.165, 1.54) is 17.3 Å². The summed E-state index contributed by atoms with van der Waals surface area (Å²) >= 11 is 1.24. The minimum Gasteiger partial charge on any atom is -0.411 e. The van der Waals surface area contributed by atoms with E-state index in [2.05, 4.69) is 22.4 Å². The number of nitrogens with one attached hydrogen (secondary N) is 1. The fraction of sp³-hybridized carbons (Fsp3) is 0.211. The molecule has 1 atom stereocenters. The Morgan fingerprint density at radius 2 is 1.84 bits per heavy atom. The second kappa shape index (κ2) is 7.98. The number of benzene rings is 2. The normalized spacial score (nSPS) is 11.9. The first-order valence-electron chi connectivity index (χ1n) is 8.11. The Balaban J connectivity index is 1.60. The maximum Gasteiger partial charge on any atom is 0.277 e. The van der Waals surface area contributed by atoms with E-state index in [1.807, 2.05) is 61.5 Å². The fourth-order valence-corrected chi connectivity index (χ4v) is 2.91. The molecule has 128 valence electrons. The number of hydrogen-bond acceptors (Lipinski definition) is 5. The lowest BCUT2D eigenvalue weighted by Gasteiger charge is -2.10. The van der Waals surface area contributed by atoms with E-state index in [-0.39, 0.29) is 11.2 Å². The van der Waals surface area contributed by atoms with Crippen LogP contribution in [0.1, 0.15) is 19.4 Å². The van der Waals surface area contributed by atoms with Gasteiger partial charge in [-0.3, -0.25) is 4.79 Å². The van der Waals surface area contributed by atoms with Crippen molar-refractivity contribution in [3.05, 3.63) is 60.2 Å². The number of aryl methyl sites for hydroxylation is 1. The molecule has 0 fully saturated rings. The lowest BCUT2D eigenvalue weighted by molar-refractivity contribution is -0.115. The van der Waals surface area contributed by atoms with Crippen molar-refractivity contribution in [3.63, 3.8) is 0 Å². The zero-order chi connectivity index (χ0) is 17.6. The van der Waals surface area contributed by atoms with Gasteiger partial charge in [0.05, 0.1) is 5.25 Å². The predicted octanol–water partition coefficient (Wildman–Crippen LogP) is 4.42. The van der Waals surface area contributed by atoms with E-state index >= 15 is 0 Å². The van der Waals surface area contributed by atoms with Gasteiger partial charge in [-0.25, -0.2) is 0 Å². The molecule has 2 aromatic carbocycles. The average Bonchev–Trinajstić information content (AvgIpc) is 3.11. The molecule has 3 rings (SSSR count). The van der Waals surface area contributed by atoms with Crippen LogP contribution in [0, 0.1) is 0 Å². The molecular formula is C19H19N3O2S. The molecule has 0 aliphatic heterocycles. The standard InChI is InChI=1S/C19H19N3O2S/c1-3-14-9-11-16(12-10-14)20-17(23)13(2)25-19-22-21-18(24-19)15-7-5-4-6-8-15/h4-13H,3H2,1-2H3,(H,20,23)/t13-/m0/s1. The van der Waals surface area contributed by atoms with Crippen molar-refractivity contribution in [1.82, 2.24) is 10.2 Å². The molecule has 0 saturated carbocycles. The predicted molar refractivity (Wildman–Crippen MR) is 99.5 cm³/mol. The molecule has 0 bridgehead atoms. The van der Waals surface area contributed by atoms with Crippen LogP contribution in [0.25, 0.3) is 11.5 Å². The molecular weight excluding hydrogens is 334 g/mol. The van der Waals surface area contributed by atoms with Crippen LogP contribution in [0.4, 0.5) is 5.69 Å². The number of hydrogen-bond donors (Lipinski definition) is 1. The van der Waals surface area contributed by atoms with Gasteiger partial charge in [0.1, 0.15) is 0 Å². The monoisotopic (exact) mass is 353 g/mol. The SMILES string of the molecule is CCc1ccc(NC(=O)[C@H](C)Sc2nnc(-c3ccccc3)o2)cc1. The number of nitrogens with zero attached hydrogens (tertiary/aromatic N) is 2. The van der Waals surface area contributed by atoms with Gasteiger partial charge < -0.3 is 9.73 Å². The zero-order valence-electron chi connectivity index (χ0n) is 14.1. The summed E-state index contributed by atoms with van der Waals surface area (Å²) in [7, 11) is 0. The molecule has 0 unspecified atom stereocenters. The Hall–Kier alpha value is -2.60. The molecule has 3 aromatic rings. The van der Waals surface area contributed by atoms with Crippen LogP contribution >= 0.6 is 11.8 Å². The summed E-state index contributed by atoms with van der Waals surface area (Å²) in [6.07, 6.45) is 0.974. The first kappa shape index (κ1) is 17.2. The molecule has 1 heterocycles. The second-order valence-corrected chi connectivity index (χ2v) is 6.83. The van der Waals surface area contributed by atoms with E-state index in [0.717, 1.165) is 17.7 Å². The van der Waals surface area contributed by atoms with Crippen LogP contribution in [-0.2, 0) is 11.2 Å². The number of carbonyl (C=O) groups is 1. The Labute approximate surface area is 150 Å². The second-order valence-electron chi connectivity index (χ2n) is 5.54. The Morgan fingerprint density at radius 3 is 2.52 bits per heavy atom. The minimum atomic E-state index is -0.352. The van der Waals surface area contributed by atoms with Gasteiger partial charge >= 0.3 is 0 Å². The molecule has 5 nitrogen and oxygen atoms in total. The summed E-state index contributed by atoms with van der Waals surface area (Å²) < 4.78 is 5.63. The van der Waals surface area contributed by atoms with Gasteiger partial charge in [-0.2, -0.15) is 0 Å². The Bertz CT molecular complexity index is 831. The number of thioether (sulfide) groups is 1. The minimum absolute atomic E-state index is 0.103. The van der Waals surface area contributed by atoms with Crippen molar-refractivity contribution in [2.45, 2.75) is 30.7 Å². The van der Waals surface area contributed by atoms with E-state index in [4.69, 9.17) is 4.42 Å². The lowest BCUT2D eigenvalue weighted by Crippen LogP contribution is -2.22. The Morgan fingerprint density at radius 1 is 1.12 bits per heavy atom. The van der Waals surface area contributed by atoms with Gasteiger partial charge in [0.25, 0.3) is 5.22 Å². The third-order valence-electron chi connectivity index (χ3n) is 3.70. The van der Waals surface area contributed by atoms with Crippen LogP contribution in [0.5, 0.6) is 0 Å². The number of carbonyl (C=O) groups excluding carboxylic acids is 1. The molecule has 0 saturated heterocycles. The molecule has 0 radical (unpaired) electrons. The van der Waals surface area contributed by atoms with E-state index in [0.29, 0.717) is 11.1 Å². The molecule has 6 heteroatoms. The van der Waals surface area contributed by atoms with Gasteiger partial charge in [0, 0.05) is 11.3 Å². The van der Waals surface area contributed by atoms with Crippen LogP contribution < -0.4 is 5.32 Å². The third kappa shape index (κ3) is 4.48. The van der Waals surface area contributed by atoms with Crippen LogP contribution in [0.2, 0.25) is 0 Å². The summed E-state index contributed by atoms with van der Waals surface area (Å²) in [5, 5.41) is 11.0. The van der Waals surface area contributed by atoms with Crippen molar-refractivity contribution < 1.29 is 9.21 Å². The van der Waals surface area contributed by atoms with Crippen molar-refractivity contribution in [2.24, 2.45) is 0 Å². The van der Waals surface area contributed by atoms with Gasteiger partial charge in [-0.15, -0.1) is 10.2 Å². The fourth-order valence-electron chi connectivity index (χ4n) is 2.23. The molecule has 25 heavy (non-hydrogen) atoms. The maximum atomic E-state index is 12.3. The van der Waals surface area contributed by atoms with Crippen LogP contribution in [-0.4, -0.2) is 21.4 Å². The highest BCUT2D eigenvalue weighted by atomic mass is 32.2. The van der Waals surface area contributed by atoms with Crippen molar-refractivity contribution in [1.29, 1.82) is 0 Å². The van der Waals surface area contributed by atoms with Gasteiger partial charge in [-0.05, 0) is 43.2 Å². The van der Waals surface area contributed by atoms with E-state index in [1.54, 1.807) is 0 Å². The average molecular weight is 353 g/mol. The number of rotatable bonds is 6. The first-order chi connectivity index (χ1) is 12.2. The number of anilines is 1. The van der Waals surface area contributed by atoms with E-state index in [9.17, 15) is 4.79 Å². The molecule has 1 N–H and O–H groups in total. The summed E-state index contributed by atoms with van der Waals surface area (Å²) in [5.41, 5.74) is 2.87. The highest BCUT2D eigenvalue weighted by molar-refractivity contribution is 8.00. The highest BCUT2D eigenvalue weighted by Gasteiger charge is 2.18. The summed E-state index contributed by atoms with van der Waals surface area (Å²) in [4.78, 5) is 12.3. The smallest absolute Gasteiger partial charge is 0.277 e. The molecule has 1 amide bonds. The molecule has 0 spiro atoms. The third-order valence-corrected chi connectivity index (χ3v) is 4.64. The lowest BCUT2D eigenvalue weighted by atomic mass is 10.1. The Kier molecular flexibility index (Phi) is 5.50. The summed E-state index contributed by atoms with van der Waals surface area (Å²) in [6, 6.07) is 17.4. The topological polar surface area (TPSA) is 68.0 Å². The van der Waals surface area contributed by atoms with Gasteiger partial charge in [0.2, 0.25) is 11.8 Å². The zero-order valence-corrected chi connectivity index (χ0v) is 14.9. The summed E-state index contributed by atoms with van der Waals surface area (Å²) in [6.45, 7) is 3.91. The van der Waals surface area contributed by atoms with Crippen molar-refractivity contribution >= 4 is 23.4 Å². The molecule has 0 aliphatic carbocycles. The largest absolute Gasteiger partial charge is 0.411 e. The van der Waals surface area contributed by atoms with Crippen LogP contribution in [0.15, 0.2) is 64.2 Å². The van der Waals surface area contributed by atoms with Gasteiger partial charge in [0.15, 0.2) is 0 Å². The van der Waals surface area contributed by atoms with E-state index < -0.39 is 0 Å². The van der Waals surface area contributed by atoms with Gasteiger partial charge in [-0.1, -0.05) is 49.0 Å². The van der Waals surface area contributed by atoms with Crippen molar-refractivity contribution in [2.75, 3.05) is 5.32 Å². The molecule has 1 aromatic heterocycles. The maximum absolute atomic E-state index is 12.3.